The molecule has 7 nitrogen and oxygen atoms in total. The quantitative estimate of drug-likeness (QED) is 0.711. The second kappa shape index (κ2) is 6.20. The van der Waals surface area contributed by atoms with Gasteiger partial charge in [0, 0.05) is 0 Å². The zero-order valence-corrected chi connectivity index (χ0v) is 13.7. The maximum atomic E-state index is 12.4. The number of hydrogen-bond acceptors (Lipinski definition) is 5. The SMILES string of the molecule is O=C1c2ccccc2C(=O)N1C[C@H](O)Cn1c(=O)cnc2ccccc21. The number of aliphatic hydroxyl groups is 1. The minimum absolute atomic E-state index is 0.0464. The van der Waals surface area contributed by atoms with Gasteiger partial charge in [-0.25, -0.2) is 4.98 Å². The summed E-state index contributed by atoms with van der Waals surface area (Å²) in [4.78, 5) is 42.0. The van der Waals surface area contributed by atoms with Gasteiger partial charge in [-0.2, -0.15) is 0 Å². The maximum Gasteiger partial charge on any atom is 0.269 e. The van der Waals surface area contributed by atoms with E-state index in [-0.39, 0.29) is 18.6 Å². The van der Waals surface area contributed by atoms with Crippen molar-refractivity contribution in [2.45, 2.75) is 12.6 Å². The van der Waals surface area contributed by atoms with E-state index < -0.39 is 17.9 Å². The van der Waals surface area contributed by atoms with E-state index in [1.807, 2.05) is 0 Å². The number of hydrogen-bond donors (Lipinski definition) is 1. The first-order chi connectivity index (χ1) is 12.6. The predicted octanol–water partition coefficient (Wildman–Crippen LogP) is 1.05. The van der Waals surface area contributed by atoms with E-state index in [9.17, 15) is 19.5 Å². The lowest BCUT2D eigenvalue weighted by Crippen LogP contribution is -2.40. The molecular formula is C19H15N3O4. The third kappa shape index (κ3) is 2.58. The van der Waals surface area contributed by atoms with Crippen molar-refractivity contribution in [2.75, 3.05) is 6.54 Å². The zero-order valence-electron chi connectivity index (χ0n) is 13.7. The highest BCUT2D eigenvalue weighted by Crippen LogP contribution is 2.22. The molecule has 1 N–H and O–H groups in total. The fraction of sp³-hybridized carbons (Fsp3) is 0.158. The summed E-state index contributed by atoms with van der Waals surface area (Å²) in [5.74, 6) is -0.867. The van der Waals surface area contributed by atoms with Gasteiger partial charge in [0.15, 0.2) is 0 Å². The third-order valence-corrected chi connectivity index (χ3v) is 4.42. The maximum absolute atomic E-state index is 12.4. The second-order valence-corrected chi connectivity index (χ2v) is 6.12. The second-order valence-electron chi connectivity index (χ2n) is 6.12. The Morgan fingerprint density at radius 2 is 1.50 bits per heavy atom. The Balaban J connectivity index is 1.59. The largest absolute Gasteiger partial charge is 0.389 e. The normalized spacial score (nSPS) is 14.7. The lowest BCUT2D eigenvalue weighted by Gasteiger charge is -2.20. The van der Waals surface area contributed by atoms with E-state index in [0.717, 1.165) is 4.90 Å². The standard InChI is InChI=1S/C19H15N3O4/c23-12(10-21-16-8-4-3-7-15(16)20-9-17(21)24)11-22-18(25)13-5-1-2-6-14(13)19(22)26/h1-9,12,23H,10-11H2/t12-/m1/s1. The predicted molar refractivity (Wildman–Crippen MR) is 93.8 cm³/mol. The fourth-order valence-corrected chi connectivity index (χ4v) is 3.19. The summed E-state index contributed by atoms with van der Waals surface area (Å²) in [7, 11) is 0. The van der Waals surface area contributed by atoms with Crippen LogP contribution in [-0.2, 0) is 6.54 Å². The Morgan fingerprint density at radius 3 is 2.19 bits per heavy atom. The highest BCUT2D eigenvalue weighted by atomic mass is 16.3. The summed E-state index contributed by atoms with van der Waals surface area (Å²) in [5, 5.41) is 10.4. The topological polar surface area (TPSA) is 92.5 Å². The molecule has 1 atom stereocenters. The van der Waals surface area contributed by atoms with Crippen molar-refractivity contribution in [3.05, 3.63) is 76.2 Å². The number of aromatic nitrogens is 2. The molecule has 4 rings (SSSR count). The monoisotopic (exact) mass is 349 g/mol. The van der Waals surface area contributed by atoms with Crippen LogP contribution in [0.15, 0.2) is 59.5 Å². The molecule has 0 bridgehead atoms. The van der Waals surface area contributed by atoms with Crippen LogP contribution in [0, 0.1) is 0 Å². The third-order valence-electron chi connectivity index (χ3n) is 4.42. The Hall–Kier alpha value is -3.32. The van der Waals surface area contributed by atoms with Crippen LogP contribution in [0.4, 0.5) is 0 Å². The van der Waals surface area contributed by atoms with E-state index in [1.54, 1.807) is 48.5 Å². The molecule has 0 saturated carbocycles. The number of rotatable bonds is 4. The molecule has 0 unspecified atom stereocenters. The summed E-state index contributed by atoms with van der Waals surface area (Å²) in [5.41, 5.74) is 1.51. The summed E-state index contributed by atoms with van der Waals surface area (Å²) >= 11 is 0. The van der Waals surface area contributed by atoms with E-state index in [2.05, 4.69) is 4.98 Å². The summed E-state index contributed by atoms with van der Waals surface area (Å²) in [6.07, 6.45) is 0.109. The number of benzene rings is 2. The van der Waals surface area contributed by atoms with E-state index in [1.165, 1.54) is 10.8 Å². The van der Waals surface area contributed by atoms with Crippen LogP contribution in [0.1, 0.15) is 20.7 Å². The molecule has 130 valence electrons. The van der Waals surface area contributed by atoms with Crippen molar-refractivity contribution in [1.82, 2.24) is 14.5 Å². The number of nitrogens with zero attached hydrogens (tertiary/aromatic N) is 3. The Labute approximate surface area is 148 Å². The van der Waals surface area contributed by atoms with Gasteiger partial charge in [-0.05, 0) is 24.3 Å². The molecule has 0 radical (unpaired) electrons. The number of para-hydroxylation sites is 2. The van der Waals surface area contributed by atoms with Crippen LogP contribution in [0.25, 0.3) is 11.0 Å². The van der Waals surface area contributed by atoms with Gasteiger partial charge in [0.1, 0.15) is 0 Å². The Morgan fingerprint density at radius 1 is 0.885 bits per heavy atom. The molecule has 0 aliphatic carbocycles. The molecule has 0 saturated heterocycles. The highest BCUT2D eigenvalue weighted by Gasteiger charge is 2.36. The Bertz CT molecular complexity index is 1050. The summed E-state index contributed by atoms with van der Waals surface area (Å²) < 4.78 is 1.39. The molecule has 1 aliphatic rings. The van der Waals surface area contributed by atoms with Crippen molar-refractivity contribution < 1.29 is 14.7 Å². The van der Waals surface area contributed by atoms with Crippen molar-refractivity contribution >= 4 is 22.8 Å². The van der Waals surface area contributed by atoms with E-state index in [0.29, 0.717) is 22.2 Å². The molecule has 3 aromatic rings. The first-order valence-electron chi connectivity index (χ1n) is 8.14. The number of carbonyl (C=O) groups excluding carboxylic acids is 2. The van der Waals surface area contributed by atoms with Crippen molar-refractivity contribution in [1.29, 1.82) is 0 Å². The molecule has 1 aliphatic heterocycles. The molecule has 1 aromatic heterocycles. The van der Waals surface area contributed by atoms with Crippen LogP contribution < -0.4 is 5.56 Å². The first-order valence-corrected chi connectivity index (χ1v) is 8.14. The van der Waals surface area contributed by atoms with Crippen LogP contribution >= 0.6 is 0 Å². The van der Waals surface area contributed by atoms with Gasteiger partial charge in [-0.1, -0.05) is 24.3 Å². The number of aliphatic hydroxyl groups excluding tert-OH is 1. The molecule has 0 fully saturated rings. The molecule has 2 amide bonds. The van der Waals surface area contributed by atoms with Crippen molar-refractivity contribution in [2.24, 2.45) is 0 Å². The van der Waals surface area contributed by atoms with Crippen LogP contribution in [0.5, 0.6) is 0 Å². The van der Waals surface area contributed by atoms with Crippen LogP contribution in [0.2, 0.25) is 0 Å². The van der Waals surface area contributed by atoms with Gasteiger partial charge in [0.2, 0.25) is 0 Å². The average molecular weight is 349 g/mol. The summed E-state index contributed by atoms with van der Waals surface area (Å²) in [6.45, 7) is -0.231. The smallest absolute Gasteiger partial charge is 0.269 e. The minimum atomic E-state index is -1.08. The lowest BCUT2D eigenvalue weighted by atomic mass is 10.1. The van der Waals surface area contributed by atoms with E-state index >= 15 is 0 Å². The van der Waals surface area contributed by atoms with Gasteiger partial charge in [0.25, 0.3) is 17.4 Å². The first kappa shape index (κ1) is 16.2. The summed E-state index contributed by atoms with van der Waals surface area (Å²) in [6, 6.07) is 13.6. The van der Waals surface area contributed by atoms with Gasteiger partial charge in [0.05, 0.1) is 47.6 Å². The van der Waals surface area contributed by atoms with Crippen LogP contribution in [-0.4, -0.2) is 44.0 Å². The molecule has 2 heterocycles. The lowest BCUT2D eigenvalue weighted by molar-refractivity contribution is 0.0521. The number of imide groups is 1. The average Bonchev–Trinajstić information content (AvgIpc) is 2.89. The van der Waals surface area contributed by atoms with Gasteiger partial charge in [-0.15, -0.1) is 0 Å². The fourth-order valence-electron chi connectivity index (χ4n) is 3.19. The van der Waals surface area contributed by atoms with Gasteiger partial charge >= 0.3 is 0 Å². The zero-order chi connectivity index (χ0) is 18.3. The Kier molecular flexibility index (Phi) is 3.85. The number of fused-ring (bicyclic) bond motifs is 2. The van der Waals surface area contributed by atoms with Crippen molar-refractivity contribution in [3.8, 4) is 0 Å². The highest BCUT2D eigenvalue weighted by molar-refractivity contribution is 6.21. The molecular weight excluding hydrogens is 334 g/mol. The van der Waals surface area contributed by atoms with E-state index in [4.69, 9.17) is 0 Å². The molecule has 0 spiro atoms. The molecule has 26 heavy (non-hydrogen) atoms. The van der Waals surface area contributed by atoms with Gasteiger partial charge in [-0.3, -0.25) is 19.3 Å². The minimum Gasteiger partial charge on any atom is -0.389 e. The van der Waals surface area contributed by atoms with Crippen molar-refractivity contribution in [3.63, 3.8) is 0 Å². The molecule has 2 aromatic carbocycles. The molecule has 7 heteroatoms. The number of carbonyl (C=O) groups is 2. The van der Waals surface area contributed by atoms with Gasteiger partial charge < -0.3 is 9.67 Å². The number of amides is 2. The number of β-amino-alcohol motifs (C(OH)–C–C–N with tert-alkyl or cyclic N) is 1. The van der Waals surface area contributed by atoms with Crippen LogP contribution in [0.3, 0.4) is 0 Å².